The zero-order valence-corrected chi connectivity index (χ0v) is 19.0. The van der Waals surface area contributed by atoms with E-state index in [1.165, 1.54) is 10.9 Å². The van der Waals surface area contributed by atoms with Gasteiger partial charge in [0.25, 0.3) is 5.56 Å². The van der Waals surface area contributed by atoms with Gasteiger partial charge in [-0.15, -0.1) is 0 Å². The predicted molar refractivity (Wildman–Crippen MR) is 118 cm³/mol. The summed E-state index contributed by atoms with van der Waals surface area (Å²) < 4.78 is 7.67. The summed E-state index contributed by atoms with van der Waals surface area (Å²) in [5.41, 5.74) is 0.913. The van der Waals surface area contributed by atoms with Crippen LogP contribution in [0.1, 0.15) is 18.3 Å². The Labute approximate surface area is 187 Å². The minimum atomic E-state index is -1.11. The largest absolute Gasteiger partial charge is 0.479 e. The highest BCUT2D eigenvalue weighted by atomic mass is 79.9. The first-order chi connectivity index (χ1) is 13.8. The minimum absolute atomic E-state index is 0.214. The molecule has 0 spiro atoms. The summed E-state index contributed by atoms with van der Waals surface area (Å²) in [4.78, 5) is 28.1. The molecule has 150 valence electrons. The molecule has 0 atom stereocenters. The van der Waals surface area contributed by atoms with E-state index in [4.69, 9.17) is 21.4 Å². The number of aliphatic carboxylic acids is 1. The normalized spacial score (nSPS) is 11.3. The molecule has 2 aromatic carbocycles. The van der Waals surface area contributed by atoms with Crippen molar-refractivity contribution in [2.75, 3.05) is 6.61 Å². The second-order valence-electron chi connectivity index (χ2n) is 5.90. The fraction of sp³-hybridized carbons (Fsp3) is 0.158. The molecule has 0 unspecified atom stereocenters. The lowest BCUT2D eigenvalue weighted by molar-refractivity contribution is -0.139. The van der Waals surface area contributed by atoms with E-state index in [1.807, 2.05) is 13.0 Å². The van der Waals surface area contributed by atoms with Gasteiger partial charge in [-0.1, -0.05) is 34.5 Å². The zero-order valence-electron chi connectivity index (χ0n) is 15.0. The Balaban J connectivity index is 2.01. The molecule has 1 aromatic heterocycles. The smallest absolute Gasteiger partial charge is 0.341 e. The van der Waals surface area contributed by atoms with Crippen LogP contribution in [0.15, 0.2) is 49.2 Å². The van der Waals surface area contributed by atoms with E-state index in [0.29, 0.717) is 33.2 Å². The number of carboxylic acids is 1. The molecule has 0 saturated heterocycles. The number of carboxylic acid groups (broad SMARTS) is 1. The molecule has 10 heteroatoms. The van der Waals surface area contributed by atoms with Crippen molar-refractivity contribution in [3.05, 3.63) is 66.0 Å². The van der Waals surface area contributed by atoms with Gasteiger partial charge in [0.05, 0.1) is 26.6 Å². The summed E-state index contributed by atoms with van der Waals surface area (Å²) in [5, 5.41) is 13.7. The van der Waals surface area contributed by atoms with Crippen molar-refractivity contribution in [3.8, 4) is 5.75 Å². The van der Waals surface area contributed by atoms with Gasteiger partial charge in [0.15, 0.2) is 12.4 Å². The number of halogens is 3. The number of rotatable bonds is 6. The Morgan fingerprint density at radius 2 is 2.10 bits per heavy atom. The highest BCUT2D eigenvalue weighted by molar-refractivity contribution is 9.10. The quantitative estimate of drug-likeness (QED) is 0.463. The van der Waals surface area contributed by atoms with Gasteiger partial charge >= 0.3 is 5.97 Å². The molecule has 1 N–H and O–H groups in total. The zero-order chi connectivity index (χ0) is 21.1. The first-order valence-corrected chi connectivity index (χ1v) is 10.4. The molecule has 0 saturated carbocycles. The van der Waals surface area contributed by atoms with Crippen LogP contribution in [0.5, 0.6) is 5.75 Å². The lowest BCUT2D eigenvalue weighted by Crippen LogP contribution is -2.22. The van der Waals surface area contributed by atoms with E-state index in [9.17, 15) is 9.59 Å². The lowest BCUT2D eigenvalue weighted by atomic mass is 10.2. The Morgan fingerprint density at radius 3 is 2.76 bits per heavy atom. The number of carbonyl (C=O) groups is 1. The van der Waals surface area contributed by atoms with Crippen LogP contribution in [-0.4, -0.2) is 33.6 Å². The highest BCUT2D eigenvalue weighted by Gasteiger charge is 2.12. The molecule has 0 aliphatic rings. The fourth-order valence-electron chi connectivity index (χ4n) is 2.59. The summed E-state index contributed by atoms with van der Waals surface area (Å²) >= 11 is 12.9. The number of hydrogen-bond acceptors (Lipinski definition) is 5. The van der Waals surface area contributed by atoms with Gasteiger partial charge in [-0.25, -0.2) is 9.78 Å². The summed E-state index contributed by atoms with van der Waals surface area (Å²) in [6.07, 6.45) is 1.99. The number of fused-ring (bicyclic) bond motifs is 1. The van der Waals surface area contributed by atoms with Gasteiger partial charge in [-0.05, 0) is 51.8 Å². The molecule has 0 aliphatic heterocycles. The minimum Gasteiger partial charge on any atom is -0.479 e. The average molecular weight is 544 g/mol. The second kappa shape index (κ2) is 9.06. The molecular formula is C19H14Br2ClN3O4. The van der Waals surface area contributed by atoms with Gasteiger partial charge in [0, 0.05) is 10.9 Å². The van der Waals surface area contributed by atoms with Crippen LogP contribution in [0.2, 0.25) is 5.02 Å². The SMILES string of the molecule is CCc1nc2ccc(Br)cc2c(=O)n1N=Cc1cc(Cl)c(OCC(=O)O)c(Br)c1. The third-order valence-electron chi connectivity index (χ3n) is 3.87. The number of benzene rings is 2. The second-order valence-corrected chi connectivity index (χ2v) is 8.08. The molecule has 3 aromatic rings. The number of nitrogens with zero attached hydrogens (tertiary/aromatic N) is 3. The Morgan fingerprint density at radius 1 is 1.34 bits per heavy atom. The van der Waals surface area contributed by atoms with Crippen LogP contribution >= 0.6 is 43.5 Å². The number of aryl methyl sites for hydroxylation is 1. The van der Waals surface area contributed by atoms with E-state index in [2.05, 4.69) is 41.9 Å². The summed E-state index contributed by atoms with van der Waals surface area (Å²) in [6.45, 7) is 1.37. The van der Waals surface area contributed by atoms with Gasteiger partial charge in [0.2, 0.25) is 0 Å². The van der Waals surface area contributed by atoms with Crippen LogP contribution in [0, 0.1) is 0 Å². The first-order valence-electron chi connectivity index (χ1n) is 8.39. The van der Waals surface area contributed by atoms with Crippen LogP contribution in [0.25, 0.3) is 10.9 Å². The molecule has 0 bridgehead atoms. The summed E-state index contributed by atoms with van der Waals surface area (Å²) in [6, 6.07) is 8.54. The Kier molecular flexibility index (Phi) is 6.71. The van der Waals surface area contributed by atoms with Crippen LogP contribution in [0.4, 0.5) is 0 Å². The number of ether oxygens (including phenoxy) is 1. The van der Waals surface area contributed by atoms with Crippen molar-refractivity contribution in [3.63, 3.8) is 0 Å². The predicted octanol–water partition coefficient (Wildman–Crippen LogP) is 4.48. The van der Waals surface area contributed by atoms with Crippen LogP contribution < -0.4 is 10.3 Å². The maximum atomic E-state index is 12.9. The molecule has 0 radical (unpaired) electrons. The van der Waals surface area contributed by atoms with E-state index in [-0.39, 0.29) is 16.3 Å². The highest BCUT2D eigenvalue weighted by Crippen LogP contribution is 2.34. The van der Waals surface area contributed by atoms with Crippen molar-refractivity contribution in [2.45, 2.75) is 13.3 Å². The van der Waals surface area contributed by atoms with Crippen molar-refractivity contribution >= 4 is 66.5 Å². The summed E-state index contributed by atoms with van der Waals surface area (Å²) in [7, 11) is 0. The maximum Gasteiger partial charge on any atom is 0.341 e. The van der Waals surface area contributed by atoms with E-state index in [0.717, 1.165) is 4.47 Å². The van der Waals surface area contributed by atoms with Gasteiger partial charge in [0.1, 0.15) is 5.82 Å². The molecule has 0 amide bonds. The Hall–Kier alpha value is -2.23. The van der Waals surface area contributed by atoms with Crippen molar-refractivity contribution in [1.82, 2.24) is 9.66 Å². The fourth-order valence-corrected chi connectivity index (χ4v) is 3.94. The molecule has 3 rings (SSSR count). The molecule has 0 aliphatic carbocycles. The molecule has 7 nitrogen and oxygen atoms in total. The van der Waals surface area contributed by atoms with Gasteiger partial charge in [-0.2, -0.15) is 9.78 Å². The monoisotopic (exact) mass is 541 g/mol. The topological polar surface area (TPSA) is 93.8 Å². The third kappa shape index (κ3) is 4.85. The van der Waals surface area contributed by atoms with Crippen LogP contribution in [0.3, 0.4) is 0 Å². The van der Waals surface area contributed by atoms with Crippen LogP contribution in [-0.2, 0) is 11.2 Å². The van der Waals surface area contributed by atoms with E-state index < -0.39 is 12.6 Å². The molecule has 1 heterocycles. The standard InChI is InChI=1S/C19H14Br2ClN3O4/c1-2-16-24-15-4-3-11(20)7-12(15)19(28)25(16)23-8-10-5-13(21)18(14(22)6-10)29-9-17(26)27/h3-8H,2,9H2,1H3,(H,26,27). The molecule has 29 heavy (non-hydrogen) atoms. The maximum absolute atomic E-state index is 12.9. The van der Waals surface area contributed by atoms with Crippen molar-refractivity contribution in [1.29, 1.82) is 0 Å². The first kappa shape index (κ1) is 21.5. The number of hydrogen-bond donors (Lipinski definition) is 1. The van der Waals surface area contributed by atoms with Crippen molar-refractivity contribution < 1.29 is 14.6 Å². The average Bonchev–Trinajstić information content (AvgIpc) is 2.66. The third-order valence-corrected chi connectivity index (χ3v) is 5.24. The number of aromatic nitrogens is 2. The van der Waals surface area contributed by atoms with Crippen molar-refractivity contribution in [2.24, 2.45) is 5.10 Å². The lowest BCUT2D eigenvalue weighted by Gasteiger charge is -2.10. The summed E-state index contributed by atoms with van der Waals surface area (Å²) in [5.74, 6) is -0.372. The van der Waals surface area contributed by atoms with E-state index >= 15 is 0 Å². The van der Waals surface area contributed by atoms with Gasteiger partial charge < -0.3 is 9.84 Å². The molecule has 0 fully saturated rings. The van der Waals surface area contributed by atoms with E-state index in [1.54, 1.807) is 24.3 Å². The molecular weight excluding hydrogens is 529 g/mol. The Bertz CT molecular complexity index is 1170. The van der Waals surface area contributed by atoms with Gasteiger partial charge in [-0.3, -0.25) is 4.79 Å².